The molecular formula is C16H24FN3O. The SMILES string of the molecule is CN(C)C(=O)CN1CCC(NCc2cccc(F)c2)CC1. The molecule has 0 aliphatic carbocycles. The van der Waals surface area contributed by atoms with Crippen LogP contribution in [-0.4, -0.2) is 55.5 Å². The van der Waals surface area contributed by atoms with Crippen molar-refractivity contribution in [2.45, 2.75) is 25.4 Å². The first-order valence-corrected chi connectivity index (χ1v) is 7.45. The largest absolute Gasteiger partial charge is 0.348 e. The van der Waals surface area contributed by atoms with E-state index < -0.39 is 0 Å². The van der Waals surface area contributed by atoms with Gasteiger partial charge in [-0.05, 0) is 30.5 Å². The number of halogens is 1. The summed E-state index contributed by atoms with van der Waals surface area (Å²) in [6, 6.07) is 7.14. The van der Waals surface area contributed by atoms with Gasteiger partial charge >= 0.3 is 0 Å². The predicted molar refractivity (Wildman–Crippen MR) is 81.4 cm³/mol. The van der Waals surface area contributed by atoms with Gasteiger partial charge in [0.2, 0.25) is 5.91 Å². The minimum Gasteiger partial charge on any atom is -0.348 e. The van der Waals surface area contributed by atoms with E-state index in [9.17, 15) is 9.18 Å². The molecule has 1 saturated heterocycles. The number of rotatable bonds is 5. The van der Waals surface area contributed by atoms with Gasteiger partial charge < -0.3 is 10.2 Å². The highest BCUT2D eigenvalue weighted by atomic mass is 19.1. The number of carbonyl (C=O) groups is 1. The number of nitrogens with one attached hydrogen (secondary N) is 1. The predicted octanol–water partition coefficient (Wildman–Crippen LogP) is 1.47. The number of nitrogens with zero attached hydrogens (tertiary/aromatic N) is 2. The van der Waals surface area contributed by atoms with Crippen LogP contribution in [0.5, 0.6) is 0 Å². The molecule has 21 heavy (non-hydrogen) atoms. The maximum atomic E-state index is 13.1. The van der Waals surface area contributed by atoms with Crippen molar-refractivity contribution in [1.82, 2.24) is 15.1 Å². The molecule has 1 fully saturated rings. The van der Waals surface area contributed by atoms with E-state index >= 15 is 0 Å². The van der Waals surface area contributed by atoms with Gasteiger partial charge in [-0.25, -0.2) is 4.39 Å². The third-order valence-electron chi connectivity index (χ3n) is 3.93. The Labute approximate surface area is 125 Å². The molecule has 2 rings (SSSR count). The highest BCUT2D eigenvalue weighted by molar-refractivity contribution is 5.77. The van der Waals surface area contributed by atoms with E-state index in [2.05, 4.69) is 10.2 Å². The van der Waals surface area contributed by atoms with Crippen molar-refractivity contribution in [3.63, 3.8) is 0 Å². The Morgan fingerprint density at radius 3 is 2.71 bits per heavy atom. The molecule has 5 heteroatoms. The maximum Gasteiger partial charge on any atom is 0.236 e. The van der Waals surface area contributed by atoms with E-state index in [0.29, 0.717) is 19.1 Å². The van der Waals surface area contributed by atoms with Crippen molar-refractivity contribution in [3.8, 4) is 0 Å². The number of piperidine rings is 1. The molecular weight excluding hydrogens is 269 g/mol. The highest BCUT2D eigenvalue weighted by Crippen LogP contribution is 2.11. The third kappa shape index (κ3) is 5.10. The minimum atomic E-state index is -0.189. The topological polar surface area (TPSA) is 35.6 Å². The van der Waals surface area contributed by atoms with Gasteiger partial charge in [0.25, 0.3) is 0 Å². The summed E-state index contributed by atoms with van der Waals surface area (Å²) in [5, 5.41) is 3.47. The van der Waals surface area contributed by atoms with Gasteiger partial charge in [0, 0.05) is 39.8 Å². The first-order chi connectivity index (χ1) is 10.0. The summed E-state index contributed by atoms with van der Waals surface area (Å²) in [6.07, 6.45) is 2.05. The molecule has 0 bridgehead atoms. The zero-order chi connectivity index (χ0) is 15.2. The number of hydrogen-bond acceptors (Lipinski definition) is 3. The van der Waals surface area contributed by atoms with Crippen molar-refractivity contribution < 1.29 is 9.18 Å². The third-order valence-corrected chi connectivity index (χ3v) is 3.93. The summed E-state index contributed by atoms with van der Waals surface area (Å²) < 4.78 is 13.1. The second-order valence-corrected chi connectivity index (χ2v) is 5.85. The fourth-order valence-electron chi connectivity index (χ4n) is 2.54. The van der Waals surface area contributed by atoms with Crippen LogP contribution in [0, 0.1) is 5.82 Å². The van der Waals surface area contributed by atoms with Gasteiger partial charge in [0.1, 0.15) is 5.82 Å². The highest BCUT2D eigenvalue weighted by Gasteiger charge is 2.20. The van der Waals surface area contributed by atoms with Gasteiger partial charge in [0.15, 0.2) is 0 Å². The van der Waals surface area contributed by atoms with Crippen LogP contribution in [0.3, 0.4) is 0 Å². The molecule has 4 nitrogen and oxygen atoms in total. The molecule has 0 unspecified atom stereocenters. The van der Waals surface area contributed by atoms with Crippen molar-refractivity contribution in [1.29, 1.82) is 0 Å². The number of amides is 1. The molecule has 1 heterocycles. The van der Waals surface area contributed by atoms with E-state index in [-0.39, 0.29) is 11.7 Å². The van der Waals surface area contributed by atoms with Crippen LogP contribution in [0.15, 0.2) is 24.3 Å². The summed E-state index contributed by atoms with van der Waals surface area (Å²) in [4.78, 5) is 15.5. The summed E-state index contributed by atoms with van der Waals surface area (Å²) in [5.74, 6) is -0.0347. The Kier molecular flexibility index (Phi) is 5.70. The lowest BCUT2D eigenvalue weighted by molar-refractivity contribution is -0.130. The normalized spacial score (nSPS) is 16.9. The number of benzene rings is 1. The van der Waals surface area contributed by atoms with Crippen LogP contribution in [0.4, 0.5) is 4.39 Å². The van der Waals surface area contributed by atoms with Crippen molar-refractivity contribution >= 4 is 5.91 Å². The lowest BCUT2D eigenvalue weighted by atomic mass is 10.0. The molecule has 0 saturated carbocycles. The van der Waals surface area contributed by atoms with Crippen LogP contribution in [-0.2, 0) is 11.3 Å². The summed E-state index contributed by atoms with van der Waals surface area (Å²) in [7, 11) is 3.57. The average molecular weight is 293 g/mol. The van der Waals surface area contributed by atoms with Gasteiger partial charge in [-0.2, -0.15) is 0 Å². The average Bonchev–Trinajstić information content (AvgIpc) is 2.46. The van der Waals surface area contributed by atoms with Gasteiger partial charge in [-0.15, -0.1) is 0 Å². The van der Waals surface area contributed by atoms with E-state index in [1.807, 2.05) is 6.07 Å². The van der Waals surface area contributed by atoms with Crippen LogP contribution in [0.25, 0.3) is 0 Å². The Morgan fingerprint density at radius 2 is 2.10 bits per heavy atom. The Bertz CT molecular complexity index is 470. The number of likely N-dealkylation sites (N-methyl/N-ethyl adjacent to an activating group) is 1. The van der Waals surface area contributed by atoms with Crippen molar-refractivity contribution in [2.75, 3.05) is 33.7 Å². The second-order valence-electron chi connectivity index (χ2n) is 5.85. The Hall–Kier alpha value is -1.46. The fourth-order valence-corrected chi connectivity index (χ4v) is 2.54. The van der Waals surface area contributed by atoms with Crippen LogP contribution >= 0.6 is 0 Å². The molecule has 0 spiro atoms. The fraction of sp³-hybridized carbons (Fsp3) is 0.562. The maximum absolute atomic E-state index is 13.1. The minimum absolute atomic E-state index is 0.154. The van der Waals surface area contributed by atoms with Crippen LogP contribution in [0.2, 0.25) is 0 Å². The molecule has 1 aromatic rings. The van der Waals surface area contributed by atoms with Gasteiger partial charge in [0.05, 0.1) is 6.54 Å². The summed E-state index contributed by atoms with van der Waals surface area (Å²) in [6.45, 7) is 3.06. The Morgan fingerprint density at radius 1 is 1.38 bits per heavy atom. The lowest BCUT2D eigenvalue weighted by Gasteiger charge is -2.32. The lowest BCUT2D eigenvalue weighted by Crippen LogP contribution is -2.45. The molecule has 1 aliphatic rings. The molecule has 0 atom stereocenters. The molecule has 1 amide bonds. The molecule has 1 aliphatic heterocycles. The molecule has 1 aromatic carbocycles. The smallest absolute Gasteiger partial charge is 0.236 e. The van der Waals surface area contributed by atoms with Crippen LogP contribution < -0.4 is 5.32 Å². The number of hydrogen-bond donors (Lipinski definition) is 1. The first-order valence-electron chi connectivity index (χ1n) is 7.45. The van der Waals surface area contributed by atoms with Gasteiger partial charge in [-0.1, -0.05) is 12.1 Å². The molecule has 0 radical (unpaired) electrons. The number of likely N-dealkylation sites (tertiary alicyclic amines) is 1. The zero-order valence-corrected chi connectivity index (χ0v) is 12.8. The monoisotopic (exact) mass is 293 g/mol. The standard InChI is InChI=1S/C16H24FN3O/c1-19(2)16(21)12-20-8-6-15(7-9-20)18-11-13-4-3-5-14(17)10-13/h3-5,10,15,18H,6-9,11-12H2,1-2H3. The molecule has 0 aromatic heterocycles. The first kappa shape index (κ1) is 15.9. The Balaban J connectivity index is 1.71. The summed E-state index contributed by atoms with van der Waals surface area (Å²) in [5.41, 5.74) is 0.972. The number of carbonyl (C=O) groups excluding carboxylic acids is 1. The molecule has 116 valence electrons. The summed E-state index contributed by atoms with van der Waals surface area (Å²) >= 11 is 0. The van der Waals surface area contributed by atoms with Gasteiger partial charge in [-0.3, -0.25) is 9.69 Å². The van der Waals surface area contributed by atoms with E-state index in [1.54, 1.807) is 31.1 Å². The van der Waals surface area contributed by atoms with E-state index in [4.69, 9.17) is 0 Å². The quantitative estimate of drug-likeness (QED) is 0.893. The molecule has 1 N–H and O–H groups in total. The van der Waals surface area contributed by atoms with Crippen molar-refractivity contribution in [2.24, 2.45) is 0 Å². The van der Waals surface area contributed by atoms with Crippen LogP contribution in [0.1, 0.15) is 18.4 Å². The van der Waals surface area contributed by atoms with E-state index in [0.717, 1.165) is 31.5 Å². The van der Waals surface area contributed by atoms with E-state index in [1.165, 1.54) is 6.07 Å². The van der Waals surface area contributed by atoms with Crippen molar-refractivity contribution in [3.05, 3.63) is 35.6 Å². The zero-order valence-electron chi connectivity index (χ0n) is 12.8. The second kappa shape index (κ2) is 7.52.